The zero-order valence-electron chi connectivity index (χ0n) is 5.48. The molecule has 0 aliphatic heterocycles. The molecule has 1 aliphatic carbocycles. The Morgan fingerprint density at radius 1 is 1.78 bits per heavy atom. The summed E-state index contributed by atoms with van der Waals surface area (Å²) in [6.07, 6.45) is 6.85. The fourth-order valence-corrected chi connectivity index (χ4v) is 1.04. The van der Waals surface area contributed by atoms with Gasteiger partial charge in [-0.15, -0.1) is 6.58 Å². The van der Waals surface area contributed by atoms with Crippen molar-refractivity contribution >= 4 is 5.71 Å². The maximum atomic E-state index is 7.39. The average molecular weight is 121 g/mol. The Morgan fingerprint density at radius 2 is 2.56 bits per heavy atom. The van der Waals surface area contributed by atoms with E-state index in [9.17, 15) is 0 Å². The van der Waals surface area contributed by atoms with Gasteiger partial charge in [0.25, 0.3) is 0 Å². The third-order valence-corrected chi connectivity index (χ3v) is 1.54. The minimum Gasteiger partial charge on any atom is -0.305 e. The topological polar surface area (TPSA) is 23.9 Å². The largest absolute Gasteiger partial charge is 0.305 e. The lowest BCUT2D eigenvalue weighted by atomic mass is 10.1. The van der Waals surface area contributed by atoms with Crippen LogP contribution in [0.25, 0.3) is 0 Å². The van der Waals surface area contributed by atoms with Gasteiger partial charge in [0.15, 0.2) is 0 Å². The Hall–Kier alpha value is -0.850. The van der Waals surface area contributed by atoms with E-state index in [1.54, 1.807) is 0 Å². The first-order valence-corrected chi connectivity index (χ1v) is 3.22. The monoisotopic (exact) mass is 121 g/mol. The van der Waals surface area contributed by atoms with Crippen LogP contribution in [-0.2, 0) is 0 Å². The first kappa shape index (κ1) is 6.27. The molecule has 0 atom stereocenters. The van der Waals surface area contributed by atoms with E-state index in [-0.39, 0.29) is 0 Å². The highest BCUT2D eigenvalue weighted by Crippen LogP contribution is 2.16. The molecular formula is C8H11N. The van der Waals surface area contributed by atoms with Crippen LogP contribution in [0.5, 0.6) is 0 Å². The van der Waals surface area contributed by atoms with E-state index in [2.05, 4.69) is 12.7 Å². The Labute approximate surface area is 55.6 Å². The zero-order chi connectivity index (χ0) is 6.69. The molecule has 0 unspecified atom stereocenters. The molecule has 1 aliphatic rings. The van der Waals surface area contributed by atoms with Crippen LogP contribution in [0.15, 0.2) is 24.3 Å². The molecule has 0 spiro atoms. The molecule has 0 amide bonds. The van der Waals surface area contributed by atoms with Gasteiger partial charge in [-0.1, -0.05) is 12.2 Å². The van der Waals surface area contributed by atoms with Crippen LogP contribution in [0.1, 0.15) is 19.3 Å². The van der Waals surface area contributed by atoms with Gasteiger partial charge in [0.2, 0.25) is 0 Å². The quantitative estimate of drug-likeness (QED) is 0.542. The van der Waals surface area contributed by atoms with Gasteiger partial charge in [-0.2, -0.15) is 0 Å². The smallest absolute Gasteiger partial charge is 0.0348 e. The summed E-state index contributed by atoms with van der Waals surface area (Å²) in [6, 6.07) is 0. The normalized spacial score (nSPS) is 17.8. The van der Waals surface area contributed by atoms with Gasteiger partial charge < -0.3 is 5.41 Å². The van der Waals surface area contributed by atoms with Crippen molar-refractivity contribution in [2.45, 2.75) is 19.3 Å². The van der Waals surface area contributed by atoms with Crippen molar-refractivity contribution in [3.63, 3.8) is 0 Å². The first-order valence-electron chi connectivity index (χ1n) is 3.22. The molecule has 0 saturated carbocycles. The summed E-state index contributed by atoms with van der Waals surface area (Å²) in [5, 5.41) is 7.39. The Balaban J connectivity index is 2.57. The van der Waals surface area contributed by atoms with Crippen molar-refractivity contribution < 1.29 is 0 Å². The van der Waals surface area contributed by atoms with Crippen LogP contribution >= 0.6 is 0 Å². The molecule has 0 saturated heterocycles. The lowest BCUT2D eigenvalue weighted by molar-refractivity contribution is 1.13. The predicted octanol–water partition coefficient (Wildman–Crippen LogP) is 2.30. The summed E-state index contributed by atoms with van der Waals surface area (Å²) in [7, 11) is 0. The molecule has 0 heterocycles. The fraction of sp³-hybridized carbons (Fsp3) is 0.375. The van der Waals surface area contributed by atoms with Gasteiger partial charge in [-0.05, 0) is 24.8 Å². The molecule has 0 aromatic rings. The second-order valence-electron chi connectivity index (χ2n) is 2.24. The van der Waals surface area contributed by atoms with Gasteiger partial charge in [0.05, 0.1) is 0 Å². The van der Waals surface area contributed by atoms with Crippen molar-refractivity contribution in [1.29, 1.82) is 5.41 Å². The van der Waals surface area contributed by atoms with E-state index in [0.29, 0.717) is 0 Å². The third kappa shape index (κ3) is 1.28. The maximum absolute atomic E-state index is 7.39. The van der Waals surface area contributed by atoms with Crippen LogP contribution in [0.3, 0.4) is 0 Å². The lowest BCUT2D eigenvalue weighted by Gasteiger charge is -1.94. The molecule has 0 aromatic heterocycles. The van der Waals surface area contributed by atoms with Gasteiger partial charge in [-0.3, -0.25) is 0 Å². The molecule has 0 bridgehead atoms. The summed E-state index contributed by atoms with van der Waals surface area (Å²) in [4.78, 5) is 0. The van der Waals surface area contributed by atoms with E-state index >= 15 is 0 Å². The fourth-order valence-electron chi connectivity index (χ4n) is 1.04. The zero-order valence-corrected chi connectivity index (χ0v) is 5.48. The molecule has 9 heavy (non-hydrogen) atoms. The lowest BCUT2D eigenvalue weighted by Crippen LogP contribution is -1.91. The van der Waals surface area contributed by atoms with Crippen LogP contribution in [0, 0.1) is 5.41 Å². The summed E-state index contributed by atoms with van der Waals surface area (Å²) in [6.45, 7) is 3.62. The number of hydrogen-bond donors (Lipinski definition) is 1. The SMILES string of the molecule is C=CCC1=CCCC1=N. The molecule has 0 fully saturated rings. The van der Waals surface area contributed by atoms with Crippen molar-refractivity contribution in [2.75, 3.05) is 0 Å². The van der Waals surface area contributed by atoms with E-state index in [0.717, 1.165) is 25.0 Å². The predicted molar refractivity (Wildman–Crippen MR) is 39.9 cm³/mol. The van der Waals surface area contributed by atoms with E-state index in [4.69, 9.17) is 5.41 Å². The van der Waals surface area contributed by atoms with Gasteiger partial charge in [0.1, 0.15) is 0 Å². The molecule has 1 nitrogen and oxygen atoms in total. The number of allylic oxidation sites excluding steroid dienone is 3. The van der Waals surface area contributed by atoms with Crippen molar-refractivity contribution in [3.05, 3.63) is 24.3 Å². The van der Waals surface area contributed by atoms with Crippen LogP contribution in [0.4, 0.5) is 0 Å². The molecule has 0 aromatic carbocycles. The molecule has 1 N–H and O–H groups in total. The third-order valence-electron chi connectivity index (χ3n) is 1.54. The standard InChI is InChI=1S/C8H11N/c1-2-4-7-5-3-6-8(7)9/h2,5,9H,1,3-4,6H2. The highest BCUT2D eigenvalue weighted by Gasteiger charge is 2.07. The summed E-state index contributed by atoms with van der Waals surface area (Å²) < 4.78 is 0. The minimum atomic E-state index is 0.801. The summed E-state index contributed by atoms with van der Waals surface area (Å²) in [5.74, 6) is 0. The molecule has 1 rings (SSSR count). The maximum Gasteiger partial charge on any atom is 0.0348 e. The second-order valence-corrected chi connectivity index (χ2v) is 2.24. The Kier molecular flexibility index (Phi) is 1.83. The number of hydrogen-bond acceptors (Lipinski definition) is 1. The van der Waals surface area contributed by atoms with E-state index < -0.39 is 0 Å². The Morgan fingerprint density at radius 3 is 3.00 bits per heavy atom. The van der Waals surface area contributed by atoms with Gasteiger partial charge in [0, 0.05) is 5.71 Å². The highest BCUT2D eigenvalue weighted by molar-refractivity contribution is 5.99. The summed E-state index contributed by atoms with van der Waals surface area (Å²) in [5.41, 5.74) is 1.97. The van der Waals surface area contributed by atoms with Crippen LogP contribution in [-0.4, -0.2) is 5.71 Å². The minimum absolute atomic E-state index is 0.801. The second kappa shape index (κ2) is 2.62. The molecule has 1 heteroatoms. The van der Waals surface area contributed by atoms with E-state index in [1.807, 2.05) is 6.08 Å². The first-order chi connectivity index (χ1) is 4.34. The van der Waals surface area contributed by atoms with Gasteiger partial charge >= 0.3 is 0 Å². The van der Waals surface area contributed by atoms with Crippen molar-refractivity contribution in [2.24, 2.45) is 0 Å². The Bertz CT molecular complexity index is 165. The van der Waals surface area contributed by atoms with Crippen LogP contribution < -0.4 is 0 Å². The number of rotatable bonds is 2. The van der Waals surface area contributed by atoms with E-state index in [1.165, 1.54) is 5.57 Å². The molecule has 0 radical (unpaired) electrons. The van der Waals surface area contributed by atoms with Crippen LogP contribution in [0.2, 0.25) is 0 Å². The average Bonchev–Trinajstić information content (AvgIpc) is 2.18. The van der Waals surface area contributed by atoms with Crippen molar-refractivity contribution in [1.82, 2.24) is 0 Å². The number of nitrogens with one attached hydrogen (secondary N) is 1. The van der Waals surface area contributed by atoms with Crippen molar-refractivity contribution in [3.8, 4) is 0 Å². The molecule has 48 valence electrons. The highest BCUT2D eigenvalue weighted by atomic mass is 14.4. The molecular weight excluding hydrogens is 110 g/mol. The van der Waals surface area contributed by atoms with Gasteiger partial charge in [-0.25, -0.2) is 0 Å². The summed E-state index contributed by atoms with van der Waals surface area (Å²) >= 11 is 0.